The highest BCUT2D eigenvalue weighted by molar-refractivity contribution is 5.85. The molecule has 0 aliphatic heterocycles. The van der Waals surface area contributed by atoms with Gasteiger partial charge in [0.2, 0.25) is 5.91 Å². The lowest BCUT2D eigenvalue weighted by Gasteiger charge is -2.07. The van der Waals surface area contributed by atoms with E-state index >= 15 is 0 Å². The lowest BCUT2D eigenvalue weighted by Crippen LogP contribution is -2.38. The molecule has 0 aliphatic carbocycles. The van der Waals surface area contributed by atoms with Gasteiger partial charge in [0.1, 0.15) is 0 Å². The highest BCUT2D eigenvalue weighted by atomic mass is 35.5. The molecular weight excluding hydrogens is 320 g/mol. The summed E-state index contributed by atoms with van der Waals surface area (Å²) in [5, 5.41) is 2.73. The minimum absolute atomic E-state index is 0. The van der Waals surface area contributed by atoms with Gasteiger partial charge in [-0.1, -0.05) is 96.8 Å². The molecular formula is C20H43ClN2O. The largest absolute Gasteiger partial charge is 0.341 e. The first-order valence-electron chi connectivity index (χ1n) is 10.2. The summed E-state index contributed by atoms with van der Waals surface area (Å²) in [6, 6.07) is 0. The average Bonchev–Trinajstić information content (AvgIpc) is 2.50. The van der Waals surface area contributed by atoms with Gasteiger partial charge in [0.05, 0.1) is 6.17 Å². The van der Waals surface area contributed by atoms with Crippen LogP contribution in [-0.2, 0) is 4.79 Å². The molecule has 0 fully saturated rings. The van der Waals surface area contributed by atoms with Crippen molar-refractivity contribution in [2.75, 3.05) is 0 Å². The standard InChI is InChI=1S/C20H42N2O.ClH/c1-3-4-5-6-7-8-9-10-11-12-13-14-15-16-17-18-20(23)22-19(2)21;/h19H,3-18,21H2,1-2H3,(H,22,23);1H. The second-order valence-electron chi connectivity index (χ2n) is 7.06. The predicted octanol–water partition coefficient (Wildman–Crippen LogP) is 6.09. The van der Waals surface area contributed by atoms with E-state index in [2.05, 4.69) is 12.2 Å². The highest BCUT2D eigenvalue weighted by Crippen LogP contribution is 2.13. The average molecular weight is 363 g/mol. The first kappa shape index (κ1) is 26.0. The minimum atomic E-state index is -0.223. The molecule has 0 spiro atoms. The Balaban J connectivity index is 0. The number of unbranched alkanes of at least 4 members (excludes halogenated alkanes) is 14. The summed E-state index contributed by atoms with van der Waals surface area (Å²) in [5.41, 5.74) is 5.52. The second kappa shape index (κ2) is 20.8. The molecule has 0 rings (SSSR count). The molecule has 3 nitrogen and oxygen atoms in total. The van der Waals surface area contributed by atoms with Crippen LogP contribution in [0.3, 0.4) is 0 Å². The lowest BCUT2D eigenvalue weighted by molar-refractivity contribution is -0.121. The Kier molecular flexibility index (Phi) is 22.5. The van der Waals surface area contributed by atoms with E-state index in [1.54, 1.807) is 6.92 Å². The SMILES string of the molecule is CCCCCCCCCCCCCCCCCC(=O)NC(C)N.Cl. The van der Waals surface area contributed by atoms with Crippen LogP contribution in [0.1, 0.15) is 117 Å². The number of hydrogen-bond donors (Lipinski definition) is 2. The van der Waals surface area contributed by atoms with Crippen molar-refractivity contribution < 1.29 is 4.79 Å². The maximum absolute atomic E-state index is 11.4. The molecule has 0 aromatic heterocycles. The Bertz CT molecular complexity index is 260. The number of carbonyl (C=O) groups is 1. The zero-order valence-electron chi connectivity index (χ0n) is 16.3. The molecule has 0 aromatic carbocycles. The van der Waals surface area contributed by atoms with E-state index in [1.165, 1.54) is 89.9 Å². The van der Waals surface area contributed by atoms with E-state index in [1.807, 2.05) is 0 Å². The molecule has 0 heterocycles. The Labute approximate surface area is 157 Å². The van der Waals surface area contributed by atoms with E-state index < -0.39 is 0 Å². The third kappa shape index (κ3) is 21.7. The van der Waals surface area contributed by atoms with Crippen molar-refractivity contribution in [3.63, 3.8) is 0 Å². The van der Waals surface area contributed by atoms with Crippen LogP contribution < -0.4 is 11.1 Å². The third-order valence-corrected chi connectivity index (χ3v) is 4.40. The molecule has 24 heavy (non-hydrogen) atoms. The summed E-state index contributed by atoms with van der Waals surface area (Å²) in [5.74, 6) is 0.0923. The van der Waals surface area contributed by atoms with Gasteiger partial charge in [0.15, 0.2) is 0 Å². The van der Waals surface area contributed by atoms with E-state index in [9.17, 15) is 4.79 Å². The monoisotopic (exact) mass is 362 g/mol. The molecule has 0 aliphatic rings. The fraction of sp³-hybridized carbons (Fsp3) is 0.950. The van der Waals surface area contributed by atoms with E-state index in [0.717, 1.165) is 6.42 Å². The molecule has 0 saturated heterocycles. The maximum atomic E-state index is 11.4. The minimum Gasteiger partial charge on any atom is -0.341 e. The van der Waals surface area contributed by atoms with Crippen molar-refractivity contribution in [1.29, 1.82) is 0 Å². The summed E-state index contributed by atoms with van der Waals surface area (Å²) < 4.78 is 0. The zero-order chi connectivity index (χ0) is 17.2. The van der Waals surface area contributed by atoms with Crippen LogP contribution in [0.4, 0.5) is 0 Å². The molecule has 1 amide bonds. The molecule has 0 radical (unpaired) electrons. The normalized spacial score (nSPS) is 11.8. The van der Waals surface area contributed by atoms with Crippen LogP contribution in [-0.4, -0.2) is 12.1 Å². The van der Waals surface area contributed by atoms with Crippen LogP contribution >= 0.6 is 12.4 Å². The molecule has 146 valence electrons. The number of nitrogens with one attached hydrogen (secondary N) is 1. The number of amides is 1. The molecule has 1 unspecified atom stereocenters. The van der Waals surface area contributed by atoms with Gasteiger partial charge in [0, 0.05) is 6.42 Å². The Morgan fingerprint density at radius 3 is 1.42 bits per heavy atom. The fourth-order valence-electron chi connectivity index (χ4n) is 2.98. The molecule has 3 N–H and O–H groups in total. The lowest BCUT2D eigenvalue weighted by atomic mass is 10.0. The summed E-state index contributed by atoms with van der Waals surface area (Å²) in [7, 11) is 0. The van der Waals surface area contributed by atoms with Gasteiger partial charge in [-0.2, -0.15) is 0 Å². The van der Waals surface area contributed by atoms with Gasteiger partial charge in [-0.15, -0.1) is 12.4 Å². The molecule has 0 bridgehead atoms. The summed E-state index contributed by atoms with van der Waals surface area (Å²) in [4.78, 5) is 11.4. The van der Waals surface area contributed by atoms with Crippen molar-refractivity contribution in [3.05, 3.63) is 0 Å². The topological polar surface area (TPSA) is 55.1 Å². The van der Waals surface area contributed by atoms with Crippen molar-refractivity contribution in [1.82, 2.24) is 5.32 Å². The van der Waals surface area contributed by atoms with Crippen LogP contribution in [0.15, 0.2) is 0 Å². The van der Waals surface area contributed by atoms with E-state index in [0.29, 0.717) is 6.42 Å². The molecule has 4 heteroatoms. The number of rotatable bonds is 17. The quantitative estimate of drug-likeness (QED) is 0.243. The van der Waals surface area contributed by atoms with Crippen LogP contribution in [0, 0.1) is 0 Å². The molecule has 0 saturated carbocycles. The van der Waals surface area contributed by atoms with Crippen molar-refractivity contribution in [3.8, 4) is 0 Å². The van der Waals surface area contributed by atoms with Crippen molar-refractivity contribution in [2.45, 2.75) is 123 Å². The van der Waals surface area contributed by atoms with Gasteiger partial charge < -0.3 is 11.1 Å². The third-order valence-electron chi connectivity index (χ3n) is 4.40. The number of carbonyl (C=O) groups excluding carboxylic acids is 1. The smallest absolute Gasteiger partial charge is 0.221 e. The van der Waals surface area contributed by atoms with Crippen molar-refractivity contribution >= 4 is 18.3 Å². The Morgan fingerprint density at radius 1 is 0.750 bits per heavy atom. The predicted molar refractivity (Wildman–Crippen MR) is 109 cm³/mol. The summed E-state index contributed by atoms with van der Waals surface area (Å²) >= 11 is 0. The highest BCUT2D eigenvalue weighted by Gasteiger charge is 2.02. The second-order valence-corrected chi connectivity index (χ2v) is 7.06. The fourth-order valence-corrected chi connectivity index (χ4v) is 2.98. The number of halogens is 1. The molecule has 0 aromatic rings. The van der Waals surface area contributed by atoms with E-state index in [-0.39, 0.29) is 24.5 Å². The van der Waals surface area contributed by atoms with Gasteiger partial charge in [-0.05, 0) is 13.3 Å². The number of hydrogen-bond acceptors (Lipinski definition) is 2. The first-order valence-corrected chi connectivity index (χ1v) is 10.2. The Hall–Kier alpha value is -0.280. The van der Waals surface area contributed by atoms with Crippen LogP contribution in [0.25, 0.3) is 0 Å². The van der Waals surface area contributed by atoms with Crippen LogP contribution in [0.5, 0.6) is 0 Å². The first-order chi connectivity index (χ1) is 11.2. The Morgan fingerprint density at radius 2 is 1.08 bits per heavy atom. The van der Waals surface area contributed by atoms with Crippen LogP contribution in [0.2, 0.25) is 0 Å². The molecule has 1 atom stereocenters. The van der Waals surface area contributed by atoms with Gasteiger partial charge in [0.25, 0.3) is 0 Å². The van der Waals surface area contributed by atoms with Gasteiger partial charge >= 0.3 is 0 Å². The summed E-state index contributed by atoms with van der Waals surface area (Å²) in [6.07, 6.45) is 20.7. The van der Waals surface area contributed by atoms with E-state index in [4.69, 9.17) is 5.73 Å². The number of nitrogens with two attached hydrogens (primary N) is 1. The zero-order valence-corrected chi connectivity index (χ0v) is 17.1. The maximum Gasteiger partial charge on any atom is 0.221 e. The van der Waals surface area contributed by atoms with Crippen molar-refractivity contribution in [2.24, 2.45) is 5.73 Å². The summed E-state index contributed by atoms with van der Waals surface area (Å²) in [6.45, 7) is 4.07. The van der Waals surface area contributed by atoms with Gasteiger partial charge in [-0.3, -0.25) is 4.79 Å². The van der Waals surface area contributed by atoms with Gasteiger partial charge in [-0.25, -0.2) is 0 Å².